The number of piperidine rings is 1. The molecule has 0 radical (unpaired) electrons. The second-order valence-electron chi connectivity index (χ2n) is 3.44. The molecule has 2 aliphatic heterocycles. The fraction of sp³-hybridized carbons (Fsp3) is 0.857. The number of cyclic esters (lactones) is 1. The monoisotopic (exact) mass is 221 g/mol. The van der Waals surface area contributed by atoms with Gasteiger partial charge >= 0.3 is 6.09 Å². The second kappa shape index (κ2) is 3.27. The molecule has 0 bridgehead atoms. The Labute approximate surface area is 85.5 Å². The highest BCUT2D eigenvalue weighted by molar-refractivity contribution is 7.81. The van der Waals surface area contributed by atoms with E-state index in [9.17, 15) is 20.1 Å². The number of amides is 1. The van der Waals surface area contributed by atoms with Gasteiger partial charge < -0.3 is 20.1 Å². The van der Waals surface area contributed by atoms with E-state index in [1.54, 1.807) is 0 Å². The van der Waals surface area contributed by atoms with Crippen LogP contribution in [-0.4, -0.2) is 62.6 Å². The minimum atomic E-state index is -1.30. The van der Waals surface area contributed by atoms with E-state index in [1.807, 2.05) is 0 Å². The van der Waals surface area contributed by atoms with Crippen molar-refractivity contribution in [2.75, 3.05) is 6.61 Å². The Morgan fingerprint density at radius 2 is 1.93 bits per heavy atom. The maximum atomic E-state index is 11.2. The van der Waals surface area contributed by atoms with Gasteiger partial charge in [0.2, 0.25) is 0 Å². The fourth-order valence-electron chi connectivity index (χ4n) is 1.78. The third kappa shape index (κ3) is 1.20. The van der Waals surface area contributed by atoms with Crippen molar-refractivity contribution in [2.24, 2.45) is 0 Å². The first-order valence-electron chi connectivity index (χ1n) is 4.21. The number of ether oxygens (including phenoxy) is 1. The van der Waals surface area contributed by atoms with E-state index < -0.39 is 35.8 Å². The van der Waals surface area contributed by atoms with Gasteiger partial charge in [0.15, 0.2) is 0 Å². The van der Waals surface area contributed by atoms with Crippen molar-refractivity contribution in [3.63, 3.8) is 0 Å². The number of thiol groups is 1. The molecular formula is C7H11NO5S. The lowest BCUT2D eigenvalue weighted by molar-refractivity contribution is -0.124. The van der Waals surface area contributed by atoms with Gasteiger partial charge in [0.05, 0.1) is 6.04 Å². The highest BCUT2D eigenvalue weighted by Crippen LogP contribution is 2.30. The average molecular weight is 221 g/mol. The van der Waals surface area contributed by atoms with Gasteiger partial charge in [0.1, 0.15) is 30.3 Å². The zero-order valence-corrected chi connectivity index (χ0v) is 8.04. The number of carbonyl (C=O) groups is 1. The molecule has 0 aromatic heterocycles. The molecule has 0 aromatic rings. The van der Waals surface area contributed by atoms with Gasteiger partial charge in [-0.15, -0.1) is 0 Å². The molecule has 2 rings (SSSR count). The van der Waals surface area contributed by atoms with Crippen LogP contribution in [0.5, 0.6) is 0 Å². The number of carbonyl (C=O) groups excluding carboxylic acids is 1. The van der Waals surface area contributed by atoms with E-state index in [-0.39, 0.29) is 6.61 Å². The lowest BCUT2D eigenvalue weighted by Crippen LogP contribution is -2.63. The van der Waals surface area contributed by atoms with Gasteiger partial charge in [-0.3, -0.25) is 4.90 Å². The summed E-state index contributed by atoms with van der Waals surface area (Å²) in [6.07, 6.45) is -4.39. The summed E-state index contributed by atoms with van der Waals surface area (Å²) in [5, 5.41) is 27.5. The molecule has 3 N–H and O–H groups in total. The smallest absolute Gasteiger partial charge is 0.411 e. The standard InChI is InChI=1S/C7H11NO5S/c9-3-2-1-13-7(12)8(2)6(14)5(11)4(3)10/h2-6,9-11,14H,1H2/t2-,3-,4+,5-,6+/m1/s1. The zero-order valence-electron chi connectivity index (χ0n) is 7.15. The molecule has 0 saturated carbocycles. The molecule has 1 amide bonds. The molecule has 0 spiro atoms. The number of nitrogens with zero attached hydrogens (tertiary/aromatic N) is 1. The average Bonchev–Trinajstić information content (AvgIpc) is 2.54. The van der Waals surface area contributed by atoms with Crippen molar-refractivity contribution in [1.29, 1.82) is 0 Å². The number of fused-ring (bicyclic) bond motifs is 1. The SMILES string of the molecule is O=C1OC[C@@H]2[C@@H](O)[C@H](O)[C@@H](O)[C@H](S)N12. The van der Waals surface area contributed by atoms with E-state index in [1.165, 1.54) is 0 Å². The summed E-state index contributed by atoms with van der Waals surface area (Å²) < 4.78 is 4.69. The van der Waals surface area contributed by atoms with Crippen LogP contribution in [-0.2, 0) is 4.74 Å². The molecule has 14 heavy (non-hydrogen) atoms. The lowest BCUT2D eigenvalue weighted by atomic mass is 9.95. The zero-order chi connectivity index (χ0) is 10.5. The Bertz CT molecular complexity index is 262. The highest BCUT2D eigenvalue weighted by atomic mass is 32.1. The number of aliphatic hydroxyl groups is 3. The summed E-state index contributed by atoms with van der Waals surface area (Å²) in [5.41, 5.74) is 0. The summed E-state index contributed by atoms with van der Waals surface area (Å²) in [6.45, 7) is 0.0147. The first-order chi connectivity index (χ1) is 6.54. The molecule has 0 unspecified atom stereocenters. The molecule has 0 aromatic carbocycles. The molecule has 0 aliphatic carbocycles. The summed E-state index contributed by atoms with van der Waals surface area (Å²) in [6, 6.07) is -0.622. The van der Waals surface area contributed by atoms with Crippen LogP contribution < -0.4 is 0 Å². The summed E-state index contributed by atoms with van der Waals surface area (Å²) in [4.78, 5) is 12.3. The molecule has 2 fully saturated rings. The fourth-order valence-corrected chi connectivity index (χ4v) is 2.23. The van der Waals surface area contributed by atoms with Gasteiger partial charge in [-0.2, -0.15) is 12.6 Å². The minimum absolute atomic E-state index is 0.0147. The van der Waals surface area contributed by atoms with Crippen LogP contribution in [0, 0.1) is 0 Å². The first kappa shape index (κ1) is 10.0. The number of rotatable bonds is 0. The quantitative estimate of drug-likeness (QED) is 0.361. The van der Waals surface area contributed by atoms with Crippen molar-refractivity contribution in [2.45, 2.75) is 29.7 Å². The van der Waals surface area contributed by atoms with Crippen molar-refractivity contribution in [1.82, 2.24) is 4.90 Å². The Morgan fingerprint density at radius 1 is 1.29 bits per heavy atom. The molecule has 5 atom stereocenters. The predicted molar refractivity (Wildman–Crippen MR) is 47.8 cm³/mol. The third-order valence-electron chi connectivity index (χ3n) is 2.63. The highest BCUT2D eigenvalue weighted by Gasteiger charge is 2.52. The van der Waals surface area contributed by atoms with Gasteiger partial charge in [-0.05, 0) is 0 Å². The van der Waals surface area contributed by atoms with Crippen LogP contribution in [0.4, 0.5) is 4.79 Å². The number of hydrogen-bond donors (Lipinski definition) is 4. The van der Waals surface area contributed by atoms with Crippen molar-refractivity contribution < 1.29 is 24.9 Å². The minimum Gasteiger partial charge on any atom is -0.447 e. The Morgan fingerprint density at radius 3 is 2.57 bits per heavy atom. The molecule has 80 valence electrons. The van der Waals surface area contributed by atoms with Gasteiger partial charge in [0.25, 0.3) is 0 Å². The van der Waals surface area contributed by atoms with E-state index >= 15 is 0 Å². The lowest BCUT2D eigenvalue weighted by Gasteiger charge is -2.41. The van der Waals surface area contributed by atoms with Crippen LogP contribution in [0.2, 0.25) is 0 Å². The maximum absolute atomic E-state index is 11.2. The van der Waals surface area contributed by atoms with Gasteiger partial charge in [-0.25, -0.2) is 4.79 Å². The topological polar surface area (TPSA) is 90.2 Å². The van der Waals surface area contributed by atoms with E-state index in [2.05, 4.69) is 12.6 Å². The second-order valence-corrected chi connectivity index (χ2v) is 3.97. The van der Waals surface area contributed by atoms with Crippen LogP contribution in [0.3, 0.4) is 0 Å². The van der Waals surface area contributed by atoms with Crippen molar-refractivity contribution >= 4 is 18.7 Å². The summed E-state index contributed by atoms with van der Waals surface area (Å²) in [5.74, 6) is 0. The van der Waals surface area contributed by atoms with Crippen LogP contribution in [0.1, 0.15) is 0 Å². The Hall–Kier alpha value is -0.500. The summed E-state index contributed by atoms with van der Waals surface area (Å²) >= 11 is 3.99. The van der Waals surface area contributed by atoms with E-state index in [4.69, 9.17) is 4.74 Å². The maximum Gasteiger partial charge on any atom is 0.411 e. The molecule has 2 heterocycles. The third-order valence-corrected chi connectivity index (χ3v) is 3.18. The molecule has 7 heteroatoms. The van der Waals surface area contributed by atoms with Crippen LogP contribution in [0.25, 0.3) is 0 Å². The first-order valence-corrected chi connectivity index (χ1v) is 4.73. The number of hydrogen-bond acceptors (Lipinski definition) is 6. The van der Waals surface area contributed by atoms with Gasteiger partial charge in [-0.1, -0.05) is 0 Å². The molecule has 2 aliphatic rings. The van der Waals surface area contributed by atoms with E-state index in [0.29, 0.717) is 0 Å². The van der Waals surface area contributed by atoms with Crippen molar-refractivity contribution in [3.05, 3.63) is 0 Å². The van der Waals surface area contributed by atoms with Crippen LogP contribution >= 0.6 is 12.6 Å². The predicted octanol–water partition coefficient (Wildman–Crippen LogP) is -1.84. The van der Waals surface area contributed by atoms with E-state index in [0.717, 1.165) is 4.90 Å². The molecule has 2 saturated heterocycles. The molecular weight excluding hydrogens is 210 g/mol. The Kier molecular flexibility index (Phi) is 2.34. The largest absolute Gasteiger partial charge is 0.447 e. The van der Waals surface area contributed by atoms with Gasteiger partial charge in [0, 0.05) is 0 Å². The Balaban J connectivity index is 2.27. The number of aliphatic hydroxyl groups excluding tert-OH is 3. The van der Waals surface area contributed by atoms with Crippen molar-refractivity contribution in [3.8, 4) is 0 Å². The normalized spacial score (nSPS) is 47.6. The summed E-state index contributed by atoms with van der Waals surface area (Å²) in [7, 11) is 0. The molecule has 6 nitrogen and oxygen atoms in total. The van der Waals surface area contributed by atoms with Crippen LogP contribution in [0.15, 0.2) is 0 Å².